The highest BCUT2D eigenvalue weighted by Gasteiger charge is 2.33. The van der Waals surface area contributed by atoms with Gasteiger partial charge in [0.25, 0.3) is 5.91 Å². The predicted molar refractivity (Wildman–Crippen MR) is 107 cm³/mol. The second-order valence-electron chi connectivity index (χ2n) is 6.72. The normalized spacial score (nSPS) is 17.0. The molecule has 0 saturated carbocycles. The highest BCUT2D eigenvalue weighted by atomic mass is 32.2. The third-order valence-corrected chi connectivity index (χ3v) is 5.18. The van der Waals surface area contributed by atoms with Crippen LogP contribution < -0.4 is 4.90 Å². The second-order valence-corrected chi connectivity index (χ2v) is 8.40. The summed E-state index contributed by atoms with van der Waals surface area (Å²) in [6.07, 6.45) is 1.91. The molecule has 0 atom stereocenters. The maximum atomic E-state index is 12.7. The van der Waals surface area contributed by atoms with Crippen LogP contribution in [0.2, 0.25) is 0 Å². The average Bonchev–Trinajstić information content (AvgIpc) is 2.82. The average molecular weight is 354 g/mol. The number of para-hydroxylation sites is 1. The van der Waals surface area contributed by atoms with Crippen LogP contribution in [-0.4, -0.2) is 10.2 Å². The molecule has 1 fully saturated rings. The number of rotatable bonds is 2. The van der Waals surface area contributed by atoms with Gasteiger partial charge in [0.15, 0.2) is 4.32 Å². The van der Waals surface area contributed by atoms with Gasteiger partial charge in [-0.05, 0) is 34.8 Å². The van der Waals surface area contributed by atoms with Crippen molar-refractivity contribution in [3.8, 4) is 0 Å². The standard InChI is InChI=1S/C20H19NOS2/c1-20(2,3)15-11-9-14(10-12-15)13-17-18(22)21(19(23)24-17)16-7-5-4-6-8-16/h4-13H,1-3H3/b17-13-. The van der Waals surface area contributed by atoms with Crippen molar-refractivity contribution in [1.29, 1.82) is 0 Å². The molecule has 24 heavy (non-hydrogen) atoms. The Bertz CT molecular complexity index is 802. The fraction of sp³-hybridized carbons (Fsp3) is 0.200. The third kappa shape index (κ3) is 3.45. The van der Waals surface area contributed by atoms with Gasteiger partial charge in [0.05, 0.1) is 10.6 Å². The molecular weight excluding hydrogens is 334 g/mol. The van der Waals surface area contributed by atoms with E-state index in [0.29, 0.717) is 9.23 Å². The first kappa shape index (κ1) is 16.9. The molecule has 0 aliphatic carbocycles. The monoisotopic (exact) mass is 353 g/mol. The summed E-state index contributed by atoms with van der Waals surface area (Å²) < 4.78 is 0.573. The molecule has 1 aliphatic heterocycles. The van der Waals surface area contributed by atoms with E-state index in [1.165, 1.54) is 17.3 Å². The number of anilines is 1. The first-order valence-corrected chi connectivity index (χ1v) is 9.02. The lowest BCUT2D eigenvalue weighted by atomic mass is 9.87. The number of nitrogens with zero attached hydrogens (tertiary/aromatic N) is 1. The van der Waals surface area contributed by atoms with Crippen LogP contribution in [0.3, 0.4) is 0 Å². The summed E-state index contributed by atoms with van der Waals surface area (Å²) in [6, 6.07) is 17.9. The van der Waals surface area contributed by atoms with Crippen LogP contribution in [0.4, 0.5) is 5.69 Å². The Morgan fingerprint density at radius 2 is 1.62 bits per heavy atom. The van der Waals surface area contributed by atoms with E-state index in [9.17, 15) is 4.79 Å². The van der Waals surface area contributed by atoms with Crippen LogP contribution >= 0.6 is 24.0 Å². The molecule has 1 saturated heterocycles. The number of benzene rings is 2. The minimum Gasteiger partial charge on any atom is -0.268 e. The summed E-state index contributed by atoms with van der Waals surface area (Å²) in [4.78, 5) is 14.9. The summed E-state index contributed by atoms with van der Waals surface area (Å²) in [6.45, 7) is 6.56. The van der Waals surface area contributed by atoms with Gasteiger partial charge in [0, 0.05) is 0 Å². The lowest BCUT2D eigenvalue weighted by Crippen LogP contribution is -2.27. The van der Waals surface area contributed by atoms with E-state index in [-0.39, 0.29) is 11.3 Å². The van der Waals surface area contributed by atoms with Gasteiger partial charge < -0.3 is 0 Å². The molecule has 0 aromatic heterocycles. The minimum absolute atomic E-state index is 0.0592. The molecule has 122 valence electrons. The van der Waals surface area contributed by atoms with Crippen molar-refractivity contribution in [2.24, 2.45) is 0 Å². The van der Waals surface area contributed by atoms with Crippen molar-refractivity contribution in [1.82, 2.24) is 0 Å². The molecule has 3 rings (SSSR count). The number of carbonyl (C=O) groups is 1. The Labute approximate surface area is 152 Å². The van der Waals surface area contributed by atoms with E-state index in [2.05, 4.69) is 45.0 Å². The summed E-state index contributed by atoms with van der Waals surface area (Å²) in [7, 11) is 0. The zero-order valence-electron chi connectivity index (χ0n) is 13.9. The molecule has 0 unspecified atom stereocenters. The molecule has 2 nitrogen and oxygen atoms in total. The molecule has 0 spiro atoms. The minimum atomic E-state index is -0.0592. The molecular formula is C20H19NOS2. The number of hydrogen-bond donors (Lipinski definition) is 0. The van der Waals surface area contributed by atoms with E-state index < -0.39 is 0 Å². The van der Waals surface area contributed by atoms with Crippen molar-refractivity contribution >= 4 is 46.0 Å². The number of hydrogen-bond acceptors (Lipinski definition) is 3. The molecule has 1 heterocycles. The highest BCUT2D eigenvalue weighted by Crippen LogP contribution is 2.36. The van der Waals surface area contributed by atoms with E-state index in [1.54, 1.807) is 4.90 Å². The molecule has 1 amide bonds. The topological polar surface area (TPSA) is 20.3 Å². The third-order valence-electron chi connectivity index (χ3n) is 3.88. The van der Waals surface area contributed by atoms with Crippen LogP contribution in [0.25, 0.3) is 6.08 Å². The second kappa shape index (κ2) is 6.54. The van der Waals surface area contributed by atoms with Gasteiger partial charge in [-0.2, -0.15) is 0 Å². The largest absolute Gasteiger partial charge is 0.270 e. The first-order valence-electron chi connectivity index (χ1n) is 7.80. The Morgan fingerprint density at radius 1 is 1.00 bits per heavy atom. The van der Waals surface area contributed by atoms with Crippen LogP contribution in [0.1, 0.15) is 31.9 Å². The smallest absolute Gasteiger partial charge is 0.268 e. The Balaban J connectivity index is 1.87. The number of carbonyl (C=O) groups excluding carboxylic acids is 1. The molecule has 1 aliphatic rings. The molecule has 0 radical (unpaired) electrons. The fourth-order valence-corrected chi connectivity index (χ4v) is 3.80. The molecule has 2 aromatic rings. The quantitative estimate of drug-likeness (QED) is 0.533. The lowest BCUT2D eigenvalue weighted by Gasteiger charge is -2.18. The van der Waals surface area contributed by atoms with Gasteiger partial charge in [-0.3, -0.25) is 9.69 Å². The predicted octanol–water partition coefficient (Wildman–Crippen LogP) is 5.39. The van der Waals surface area contributed by atoms with Gasteiger partial charge in [-0.1, -0.05) is 87.2 Å². The van der Waals surface area contributed by atoms with Crippen LogP contribution in [0.15, 0.2) is 59.5 Å². The molecule has 0 bridgehead atoms. The molecule has 4 heteroatoms. The van der Waals surface area contributed by atoms with Crippen LogP contribution in [0.5, 0.6) is 0 Å². The Hall–Kier alpha value is -1.91. The number of thioether (sulfide) groups is 1. The van der Waals surface area contributed by atoms with Gasteiger partial charge >= 0.3 is 0 Å². The van der Waals surface area contributed by atoms with Gasteiger partial charge in [-0.15, -0.1) is 0 Å². The van der Waals surface area contributed by atoms with Crippen molar-refractivity contribution in [2.75, 3.05) is 4.90 Å². The maximum Gasteiger partial charge on any atom is 0.270 e. The lowest BCUT2D eigenvalue weighted by molar-refractivity contribution is -0.113. The zero-order valence-corrected chi connectivity index (χ0v) is 15.6. The van der Waals surface area contributed by atoms with E-state index in [4.69, 9.17) is 12.2 Å². The SMILES string of the molecule is CC(C)(C)c1ccc(/C=C2\SC(=S)N(c3ccccc3)C2=O)cc1. The summed E-state index contributed by atoms with van der Waals surface area (Å²) in [5.74, 6) is -0.0592. The van der Waals surface area contributed by atoms with E-state index in [1.807, 2.05) is 36.4 Å². The van der Waals surface area contributed by atoms with Gasteiger partial charge in [0.1, 0.15) is 0 Å². The summed E-state index contributed by atoms with van der Waals surface area (Å²) in [5, 5.41) is 0. The number of thiocarbonyl (C=S) groups is 1. The Morgan fingerprint density at radius 3 is 2.21 bits per heavy atom. The zero-order chi connectivity index (χ0) is 17.3. The van der Waals surface area contributed by atoms with Crippen molar-refractivity contribution in [3.63, 3.8) is 0 Å². The van der Waals surface area contributed by atoms with Crippen molar-refractivity contribution < 1.29 is 4.79 Å². The first-order chi connectivity index (χ1) is 11.4. The summed E-state index contributed by atoms with van der Waals surface area (Å²) >= 11 is 6.74. The fourth-order valence-electron chi connectivity index (χ4n) is 2.50. The highest BCUT2D eigenvalue weighted by molar-refractivity contribution is 8.27. The molecule has 0 N–H and O–H groups in total. The summed E-state index contributed by atoms with van der Waals surface area (Å²) in [5.41, 5.74) is 3.22. The van der Waals surface area contributed by atoms with E-state index >= 15 is 0 Å². The molecule has 2 aromatic carbocycles. The van der Waals surface area contributed by atoms with Crippen molar-refractivity contribution in [3.05, 3.63) is 70.6 Å². The maximum absolute atomic E-state index is 12.7. The van der Waals surface area contributed by atoms with Gasteiger partial charge in [-0.25, -0.2) is 0 Å². The van der Waals surface area contributed by atoms with E-state index in [0.717, 1.165) is 11.3 Å². The van der Waals surface area contributed by atoms with Crippen molar-refractivity contribution in [2.45, 2.75) is 26.2 Å². The Kier molecular flexibility index (Phi) is 4.61. The van der Waals surface area contributed by atoms with Crippen LogP contribution in [0, 0.1) is 0 Å². The van der Waals surface area contributed by atoms with Gasteiger partial charge in [0.2, 0.25) is 0 Å². The number of amides is 1. The van der Waals surface area contributed by atoms with Crippen LogP contribution in [-0.2, 0) is 10.2 Å².